The van der Waals surface area contributed by atoms with Crippen LogP contribution >= 0.6 is 0 Å². The van der Waals surface area contributed by atoms with E-state index in [9.17, 15) is 0 Å². The standard InChI is InChI=1S/C26H53N3Si.C20H39N3Si.C4H9.Li/c1-3-5-12-19-26(4-2)30(27-20-13-6-7-14-21-27,28-22-15-8-9-16-23-28)29-24-17-10-11-18-25-29;1-2-24(21-15-9-3-4-10-16-21,22-17-11-5-6-12-18-22)23-19-13-7-8-14-20-23;1-3-4-2;/h26H,3-25H2,1-2H3;2H,1,3-20H2;1,3-4H2,2H3;/q;;-1;+1. The monoisotopic (exact) mass is 849 g/mol. The molecule has 6 fully saturated rings. The Morgan fingerprint density at radius 2 is 0.678 bits per heavy atom. The van der Waals surface area contributed by atoms with Crippen LogP contribution in [-0.2, 0) is 0 Å². The van der Waals surface area contributed by atoms with E-state index < -0.39 is 17.1 Å². The molecule has 6 aliphatic rings. The Kier molecular flexibility index (Phi) is 29.4. The molecule has 0 aromatic heterocycles. The van der Waals surface area contributed by atoms with Crippen molar-refractivity contribution in [3.63, 3.8) is 0 Å². The van der Waals surface area contributed by atoms with E-state index in [0.717, 1.165) is 12.0 Å². The van der Waals surface area contributed by atoms with Crippen LogP contribution in [0.1, 0.15) is 220 Å². The Hall–Kier alpha value is 0.531. The normalized spacial score (nSPS) is 24.5. The fourth-order valence-corrected chi connectivity index (χ4v) is 23.8. The van der Waals surface area contributed by atoms with Gasteiger partial charge in [-0.15, -0.1) is 6.58 Å². The zero-order chi connectivity index (χ0) is 41.2. The molecule has 0 radical (unpaired) electrons. The van der Waals surface area contributed by atoms with Gasteiger partial charge in [-0.1, -0.05) is 136 Å². The molecule has 0 bridgehead atoms. The Morgan fingerprint density at radius 1 is 0.424 bits per heavy atom. The summed E-state index contributed by atoms with van der Waals surface area (Å²) in [5, 5.41) is 0. The molecule has 59 heavy (non-hydrogen) atoms. The Bertz CT molecular complexity index is 887. The molecule has 0 amide bonds. The van der Waals surface area contributed by atoms with E-state index in [-0.39, 0.29) is 18.9 Å². The summed E-state index contributed by atoms with van der Waals surface area (Å²) in [5.41, 5.74) is 3.40. The van der Waals surface area contributed by atoms with Gasteiger partial charge in [-0.05, 0) is 168 Å². The van der Waals surface area contributed by atoms with Crippen LogP contribution < -0.4 is 18.9 Å². The quantitative estimate of drug-likeness (QED) is 0.0979. The SMILES string of the molecule is C=C[Si](N1CCCCCC1)(N1CCCCCC1)N1CCCCCC1.CCCCCC(CC)[Si](N1CCCCCC1)(N1CCCCCC1)N1CCCCCC1.[CH2-]CCC.[Li+]. The second-order valence-corrected chi connectivity index (χ2v) is 27.2. The van der Waals surface area contributed by atoms with Crippen LogP contribution in [0.2, 0.25) is 5.54 Å². The van der Waals surface area contributed by atoms with Crippen molar-refractivity contribution >= 4 is 17.1 Å². The summed E-state index contributed by atoms with van der Waals surface area (Å²) in [6, 6.07) is 0. The van der Waals surface area contributed by atoms with Crippen LogP contribution in [0.25, 0.3) is 0 Å². The number of rotatable bonds is 14. The minimum atomic E-state index is -1.90. The third-order valence-electron chi connectivity index (χ3n) is 15.3. The molecule has 0 aliphatic carbocycles. The Balaban J connectivity index is 0.000000290. The number of unbranched alkanes of at least 4 members (excludes halogenated alkanes) is 3. The maximum Gasteiger partial charge on any atom is 1.00 e. The van der Waals surface area contributed by atoms with Gasteiger partial charge >= 0.3 is 27.4 Å². The third-order valence-corrected chi connectivity index (χ3v) is 25.9. The minimum Gasteiger partial charge on any atom is -0.343 e. The number of nitrogens with zero attached hydrogens (tertiary/aromatic N) is 6. The first-order chi connectivity index (χ1) is 28.6. The molecule has 1 unspecified atom stereocenters. The first-order valence-electron chi connectivity index (χ1n) is 26.6. The number of hydrogen-bond acceptors (Lipinski definition) is 6. The van der Waals surface area contributed by atoms with E-state index >= 15 is 0 Å². The molecule has 9 heteroatoms. The molecule has 6 saturated heterocycles. The van der Waals surface area contributed by atoms with Gasteiger partial charge in [0, 0.05) is 0 Å². The van der Waals surface area contributed by atoms with Crippen molar-refractivity contribution in [2.24, 2.45) is 0 Å². The fraction of sp³-hybridized carbons (Fsp3) is 0.940. The van der Waals surface area contributed by atoms with Crippen LogP contribution in [0.15, 0.2) is 12.3 Å². The van der Waals surface area contributed by atoms with E-state index in [1.165, 1.54) is 271 Å². The molecule has 0 N–H and O–H groups in total. The zero-order valence-corrected chi connectivity index (χ0v) is 42.7. The molecule has 6 rings (SSSR count). The summed E-state index contributed by atoms with van der Waals surface area (Å²) in [6.45, 7) is 31.4. The first-order valence-corrected chi connectivity index (χ1v) is 30.4. The van der Waals surface area contributed by atoms with Crippen molar-refractivity contribution < 1.29 is 18.9 Å². The van der Waals surface area contributed by atoms with Gasteiger partial charge in [0.1, 0.15) is 0 Å². The average molecular weight is 850 g/mol. The molecule has 1 atom stereocenters. The van der Waals surface area contributed by atoms with Crippen molar-refractivity contribution in [3.05, 3.63) is 19.2 Å². The van der Waals surface area contributed by atoms with Crippen LogP contribution in [0.3, 0.4) is 0 Å². The topological polar surface area (TPSA) is 19.4 Å². The van der Waals surface area contributed by atoms with Crippen molar-refractivity contribution in [3.8, 4) is 0 Å². The third kappa shape index (κ3) is 16.2. The van der Waals surface area contributed by atoms with Crippen LogP contribution in [0.4, 0.5) is 0 Å². The van der Waals surface area contributed by atoms with Gasteiger partial charge in [0.2, 0.25) is 0 Å². The van der Waals surface area contributed by atoms with Gasteiger partial charge in [0.15, 0.2) is 0 Å². The second-order valence-electron chi connectivity index (χ2n) is 19.4. The molecule has 6 heterocycles. The summed E-state index contributed by atoms with van der Waals surface area (Å²) < 4.78 is 18.4. The Labute approximate surface area is 384 Å². The molecule has 0 spiro atoms. The average Bonchev–Trinajstić information content (AvgIpc) is 3.99. The molecule has 0 saturated carbocycles. The van der Waals surface area contributed by atoms with Gasteiger partial charge in [-0.25, -0.2) is 0 Å². The van der Waals surface area contributed by atoms with Crippen molar-refractivity contribution in [1.29, 1.82) is 0 Å². The van der Waals surface area contributed by atoms with Crippen LogP contribution in [-0.4, -0.2) is 123 Å². The van der Waals surface area contributed by atoms with Crippen molar-refractivity contribution in [2.45, 2.75) is 225 Å². The van der Waals surface area contributed by atoms with Crippen molar-refractivity contribution in [1.82, 2.24) is 27.4 Å². The van der Waals surface area contributed by atoms with Gasteiger partial charge in [0.05, 0.1) is 0 Å². The fourth-order valence-electron chi connectivity index (χ4n) is 12.1. The molecule has 0 aromatic rings. The summed E-state index contributed by atoms with van der Waals surface area (Å²) in [5.74, 6) is 0. The van der Waals surface area contributed by atoms with E-state index in [4.69, 9.17) is 0 Å². The van der Waals surface area contributed by atoms with E-state index in [0.29, 0.717) is 0 Å². The summed E-state index contributed by atoms with van der Waals surface area (Å²) in [6.07, 6.45) is 43.8. The maximum atomic E-state index is 4.49. The van der Waals surface area contributed by atoms with Crippen molar-refractivity contribution in [2.75, 3.05) is 78.5 Å². The first kappa shape index (κ1) is 53.9. The van der Waals surface area contributed by atoms with E-state index in [1.54, 1.807) is 0 Å². The smallest absolute Gasteiger partial charge is 0.343 e. The van der Waals surface area contributed by atoms with Gasteiger partial charge in [-0.2, -0.15) is 6.42 Å². The molecule has 6 nitrogen and oxygen atoms in total. The maximum absolute atomic E-state index is 4.49. The van der Waals surface area contributed by atoms with Crippen LogP contribution in [0.5, 0.6) is 0 Å². The number of hydrogen-bond donors (Lipinski definition) is 0. The summed E-state index contributed by atoms with van der Waals surface area (Å²) in [7, 11) is -3.77. The van der Waals surface area contributed by atoms with Gasteiger partial charge in [0.25, 0.3) is 8.56 Å². The largest absolute Gasteiger partial charge is 1.00 e. The molecular weight excluding hydrogens is 748 g/mol. The van der Waals surface area contributed by atoms with Gasteiger partial charge < -0.3 is 6.92 Å². The predicted octanol–water partition coefficient (Wildman–Crippen LogP) is 9.82. The van der Waals surface area contributed by atoms with E-state index in [2.05, 4.69) is 67.4 Å². The Morgan fingerprint density at radius 3 is 0.881 bits per heavy atom. The second kappa shape index (κ2) is 32.2. The summed E-state index contributed by atoms with van der Waals surface area (Å²) >= 11 is 0. The molecule has 340 valence electrons. The van der Waals surface area contributed by atoms with Crippen LogP contribution in [0, 0.1) is 6.92 Å². The molecular formula is C50H101LiN6Si2. The minimum absolute atomic E-state index is 0. The summed E-state index contributed by atoms with van der Waals surface area (Å²) in [4.78, 5) is 0. The van der Waals surface area contributed by atoms with E-state index in [1.807, 2.05) is 0 Å². The zero-order valence-electron chi connectivity index (χ0n) is 40.7. The predicted molar refractivity (Wildman–Crippen MR) is 260 cm³/mol. The molecule has 0 aromatic carbocycles. The molecule has 6 aliphatic heterocycles. The van der Waals surface area contributed by atoms with Gasteiger partial charge in [-0.3, -0.25) is 27.4 Å².